The lowest BCUT2D eigenvalue weighted by molar-refractivity contribution is -0.235. The standard InChI is InChI=1S/C49H72N2O4/c1-30(2)39-35(52)29-49(51-42(54)48(50)21-13-14-22-48)26-25-46(8)33(40(39)49)17-18-37-45(7)23-20-38(44(5,6)36(45)19-24-47(37,46)9)55-41(53)34-28-32(43(34,3)4)27-31-15-11-10-12-16-31/h10-12,15-16,30,32-34,36-38H,13-14,17-29,50H2,1-9H3,(H,51,54)/t32-,33-,34-,36+,37-,38+,45+,46-,47-,49-/m1/s1. The Morgan fingerprint density at radius 1 is 0.818 bits per heavy atom. The second-order valence-corrected chi connectivity index (χ2v) is 22.4. The highest BCUT2D eigenvalue weighted by atomic mass is 16.5. The normalized spacial score (nSPS) is 42.4. The van der Waals surface area contributed by atoms with E-state index in [-0.39, 0.29) is 68.6 Å². The molecular formula is C49H72N2O4. The van der Waals surface area contributed by atoms with Crippen LogP contribution < -0.4 is 11.1 Å². The minimum absolute atomic E-state index is 0.0194. The van der Waals surface area contributed by atoms with Crippen molar-refractivity contribution in [1.29, 1.82) is 0 Å². The number of benzene rings is 1. The van der Waals surface area contributed by atoms with Crippen LogP contribution in [0, 0.1) is 62.6 Å². The van der Waals surface area contributed by atoms with Gasteiger partial charge < -0.3 is 15.8 Å². The molecule has 0 spiro atoms. The van der Waals surface area contributed by atoms with Crippen LogP contribution in [-0.2, 0) is 25.5 Å². The fourth-order valence-corrected chi connectivity index (χ4v) is 15.4. The van der Waals surface area contributed by atoms with Gasteiger partial charge in [0.1, 0.15) is 6.10 Å². The number of esters is 1. The van der Waals surface area contributed by atoms with Crippen molar-refractivity contribution in [2.45, 2.75) is 176 Å². The first-order valence-electron chi connectivity index (χ1n) is 22.4. The van der Waals surface area contributed by atoms with E-state index >= 15 is 0 Å². The first-order valence-corrected chi connectivity index (χ1v) is 22.4. The van der Waals surface area contributed by atoms with Crippen molar-refractivity contribution in [2.24, 2.45) is 68.3 Å². The molecule has 0 saturated heterocycles. The third-order valence-corrected chi connectivity index (χ3v) is 19.0. The van der Waals surface area contributed by atoms with E-state index < -0.39 is 11.1 Å². The van der Waals surface area contributed by atoms with E-state index in [9.17, 15) is 14.4 Å². The Bertz CT molecular complexity index is 1750. The van der Waals surface area contributed by atoms with Gasteiger partial charge in [0.25, 0.3) is 0 Å². The summed E-state index contributed by atoms with van der Waals surface area (Å²) in [5.74, 6) is 2.08. The molecule has 1 aromatic carbocycles. The molecular weight excluding hydrogens is 681 g/mol. The number of amides is 1. The second kappa shape index (κ2) is 13.0. The molecule has 0 radical (unpaired) electrons. The average Bonchev–Trinajstić information content (AvgIpc) is 3.69. The minimum Gasteiger partial charge on any atom is -0.462 e. The number of hydrogen-bond acceptors (Lipinski definition) is 5. The third-order valence-electron chi connectivity index (χ3n) is 19.0. The first kappa shape index (κ1) is 39.4. The largest absolute Gasteiger partial charge is 0.462 e. The van der Waals surface area contributed by atoms with E-state index in [1.807, 2.05) is 0 Å². The molecule has 10 atom stereocenters. The van der Waals surface area contributed by atoms with E-state index in [0.717, 1.165) is 95.5 Å². The van der Waals surface area contributed by atoms with E-state index in [0.29, 0.717) is 24.2 Å². The summed E-state index contributed by atoms with van der Waals surface area (Å²) in [5, 5.41) is 3.56. The highest BCUT2D eigenvalue weighted by Gasteiger charge is 2.70. The van der Waals surface area contributed by atoms with Gasteiger partial charge in [-0.3, -0.25) is 14.4 Å². The van der Waals surface area contributed by atoms with E-state index in [4.69, 9.17) is 10.5 Å². The highest BCUT2D eigenvalue weighted by molar-refractivity contribution is 6.02. The molecule has 0 heterocycles. The molecule has 1 amide bonds. The van der Waals surface area contributed by atoms with Gasteiger partial charge in [-0.15, -0.1) is 0 Å². The smallest absolute Gasteiger partial charge is 0.309 e. The van der Waals surface area contributed by atoms with Crippen LogP contribution >= 0.6 is 0 Å². The van der Waals surface area contributed by atoms with E-state index in [1.54, 1.807) is 0 Å². The molecule has 0 aromatic heterocycles. The van der Waals surface area contributed by atoms with E-state index in [1.165, 1.54) is 11.1 Å². The number of Topliss-reactive ketones (excluding diaryl/α,β-unsaturated/α-hetero) is 1. The number of ketones is 1. The van der Waals surface area contributed by atoms with Gasteiger partial charge in [0.2, 0.25) is 5.91 Å². The summed E-state index contributed by atoms with van der Waals surface area (Å²) < 4.78 is 6.66. The Labute approximate surface area is 332 Å². The summed E-state index contributed by atoms with van der Waals surface area (Å²) in [5.41, 5.74) is 9.04. The molecule has 302 valence electrons. The lowest BCUT2D eigenvalue weighted by atomic mass is 9.33. The maximum atomic E-state index is 14.0. The predicted molar refractivity (Wildman–Crippen MR) is 219 cm³/mol. The van der Waals surface area contributed by atoms with Crippen molar-refractivity contribution in [3.63, 3.8) is 0 Å². The van der Waals surface area contributed by atoms with Crippen LogP contribution in [0.5, 0.6) is 0 Å². The molecule has 0 aliphatic heterocycles. The lowest BCUT2D eigenvalue weighted by Crippen LogP contribution is -2.68. The van der Waals surface area contributed by atoms with Crippen molar-refractivity contribution < 1.29 is 19.1 Å². The average molecular weight is 753 g/mol. The van der Waals surface area contributed by atoms with Gasteiger partial charge >= 0.3 is 5.97 Å². The fourth-order valence-electron chi connectivity index (χ4n) is 15.4. The zero-order valence-electron chi connectivity index (χ0n) is 35.7. The summed E-state index contributed by atoms with van der Waals surface area (Å²) in [6, 6.07) is 10.7. The number of fused-ring (bicyclic) bond motifs is 7. The van der Waals surface area contributed by atoms with Gasteiger partial charge in [0.05, 0.1) is 17.0 Å². The molecule has 8 rings (SSSR count). The Kier molecular flexibility index (Phi) is 9.32. The maximum absolute atomic E-state index is 14.0. The topological polar surface area (TPSA) is 98.5 Å². The van der Waals surface area contributed by atoms with Gasteiger partial charge in [0, 0.05) is 11.8 Å². The van der Waals surface area contributed by atoms with Gasteiger partial charge in [0.15, 0.2) is 5.78 Å². The number of carbonyl (C=O) groups excluding carboxylic acids is 3. The van der Waals surface area contributed by atoms with E-state index in [2.05, 4.69) is 98.0 Å². The zero-order chi connectivity index (χ0) is 39.6. The summed E-state index contributed by atoms with van der Waals surface area (Å²) in [6.07, 6.45) is 14.0. The number of allylic oxidation sites excluding steroid dienone is 1. The number of nitrogens with one attached hydrogen (secondary N) is 1. The molecule has 55 heavy (non-hydrogen) atoms. The van der Waals surface area contributed by atoms with Gasteiger partial charge in [-0.05, 0) is 145 Å². The van der Waals surface area contributed by atoms with Crippen molar-refractivity contribution in [3.05, 3.63) is 47.0 Å². The summed E-state index contributed by atoms with van der Waals surface area (Å²) in [4.78, 5) is 42.1. The quantitative estimate of drug-likeness (QED) is 0.270. The molecule has 6 nitrogen and oxygen atoms in total. The molecule has 3 N–H and O–H groups in total. The summed E-state index contributed by atoms with van der Waals surface area (Å²) >= 11 is 0. The van der Waals surface area contributed by atoms with Crippen molar-refractivity contribution in [3.8, 4) is 0 Å². The zero-order valence-corrected chi connectivity index (χ0v) is 35.7. The molecule has 6 fully saturated rings. The number of ether oxygens (including phenoxy) is 1. The molecule has 1 aromatic rings. The molecule has 0 unspecified atom stereocenters. The van der Waals surface area contributed by atoms with Crippen LogP contribution in [0.25, 0.3) is 0 Å². The van der Waals surface area contributed by atoms with Crippen LogP contribution in [0.2, 0.25) is 0 Å². The monoisotopic (exact) mass is 753 g/mol. The molecule has 7 aliphatic rings. The molecule has 7 aliphatic carbocycles. The van der Waals surface area contributed by atoms with Crippen LogP contribution in [0.4, 0.5) is 0 Å². The van der Waals surface area contributed by atoms with Crippen LogP contribution in [0.3, 0.4) is 0 Å². The number of hydrogen-bond donors (Lipinski definition) is 2. The number of nitrogens with two attached hydrogens (primary N) is 1. The Morgan fingerprint density at radius 3 is 2.16 bits per heavy atom. The Morgan fingerprint density at radius 2 is 1.51 bits per heavy atom. The summed E-state index contributed by atoms with van der Waals surface area (Å²) in [7, 11) is 0. The fraction of sp³-hybridized carbons (Fsp3) is 0.776. The molecule has 0 bridgehead atoms. The first-order chi connectivity index (χ1) is 25.7. The minimum atomic E-state index is -0.820. The lowest BCUT2D eigenvalue weighted by Gasteiger charge is -2.72. The van der Waals surface area contributed by atoms with Crippen LogP contribution in [0.1, 0.15) is 158 Å². The highest BCUT2D eigenvalue weighted by Crippen LogP contribution is 2.76. The van der Waals surface area contributed by atoms with Crippen LogP contribution in [0.15, 0.2) is 41.5 Å². The molecule has 6 saturated carbocycles. The number of carbonyl (C=O) groups is 3. The van der Waals surface area contributed by atoms with Gasteiger partial charge in [-0.25, -0.2) is 0 Å². The van der Waals surface area contributed by atoms with Crippen LogP contribution in [-0.4, -0.2) is 34.8 Å². The van der Waals surface area contributed by atoms with Crippen molar-refractivity contribution in [1.82, 2.24) is 5.32 Å². The SMILES string of the molecule is CC(C)C1=C2[C@H]3CC[C@@H]4[C@@]5(C)CC[C@H](OC(=O)[C@H]6C[C@@H](Cc7ccccc7)C6(C)C)C(C)(C)[C@@H]5CC[C@@]4(C)[C@]3(C)CC[C@@]2(NC(=O)C2(N)CCCC2)CC1=O. The van der Waals surface area contributed by atoms with Gasteiger partial charge in [-0.2, -0.15) is 0 Å². The van der Waals surface area contributed by atoms with Gasteiger partial charge in [-0.1, -0.05) is 105 Å². The predicted octanol–water partition coefficient (Wildman–Crippen LogP) is 9.92. The maximum Gasteiger partial charge on any atom is 0.309 e. The Balaban J connectivity index is 1.02. The van der Waals surface area contributed by atoms with Crippen molar-refractivity contribution in [2.75, 3.05) is 0 Å². The number of rotatable bonds is 7. The Hall–Kier alpha value is -2.47. The summed E-state index contributed by atoms with van der Waals surface area (Å²) in [6.45, 7) is 21.5. The molecule has 6 heteroatoms. The van der Waals surface area contributed by atoms with Crippen molar-refractivity contribution >= 4 is 17.7 Å². The second-order valence-electron chi connectivity index (χ2n) is 22.4. The third kappa shape index (κ3) is 5.65.